The van der Waals surface area contributed by atoms with Gasteiger partial charge in [-0.1, -0.05) is 18.2 Å². The van der Waals surface area contributed by atoms with Gasteiger partial charge in [-0.3, -0.25) is 9.78 Å². The van der Waals surface area contributed by atoms with Gasteiger partial charge in [-0.2, -0.15) is 0 Å². The molecule has 1 unspecified atom stereocenters. The second kappa shape index (κ2) is 5.16. The van der Waals surface area contributed by atoms with E-state index < -0.39 is 0 Å². The molecular weight excluding hydrogens is 256 g/mol. The Morgan fingerprint density at radius 1 is 1.35 bits per heavy atom. The largest absolute Gasteiger partial charge is 0.493 e. The molecular formula is C14H14N4O2. The topological polar surface area (TPSA) is 90.1 Å². The third kappa shape index (κ3) is 2.40. The van der Waals surface area contributed by atoms with Crippen LogP contribution in [0.2, 0.25) is 0 Å². The second-order valence-corrected chi connectivity index (χ2v) is 4.53. The Labute approximate surface area is 116 Å². The van der Waals surface area contributed by atoms with Crippen LogP contribution in [-0.2, 0) is 0 Å². The number of carbonyl (C=O) groups is 1. The first-order valence-electron chi connectivity index (χ1n) is 6.34. The van der Waals surface area contributed by atoms with Gasteiger partial charge in [0.15, 0.2) is 0 Å². The summed E-state index contributed by atoms with van der Waals surface area (Å²) in [6.45, 7) is 0.574. The summed E-state index contributed by atoms with van der Waals surface area (Å²) in [7, 11) is 0. The van der Waals surface area contributed by atoms with E-state index in [1.807, 2.05) is 24.3 Å². The molecule has 1 atom stereocenters. The molecule has 1 aromatic heterocycles. The van der Waals surface area contributed by atoms with Crippen LogP contribution in [0.3, 0.4) is 0 Å². The normalized spacial score (nSPS) is 16.9. The Kier molecular flexibility index (Phi) is 3.20. The highest BCUT2D eigenvalue weighted by molar-refractivity contribution is 5.92. The lowest BCUT2D eigenvalue weighted by Gasteiger charge is -2.26. The number of amides is 1. The van der Waals surface area contributed by atoms with E-state index in [2.05, 4.69) is 15.3 Å². The molecule has 0 bridgehead atoms. The van der Waals surface area contributed by atoms with Gasteiger partial charge in [-0.15, -0.1) is 0 Å². The number of hydrogen-bond donors (Lipinski definition) is 2. The Balaban J connectivity index is 1.81. The van der Waals surface area contributed by atoms with Crippen molar-refractivity contribution in [3.8, 4) is 5.75 Å². The lowest BCUT2D eigenvalue weighted by atomic mass is 10.0. The summed E-state index contributed by atoms with van der Waals surface area (Å²) in [5.41, 5.74) is 6.73. The van der Waals surface area contributed by atoms with E-state index in [4.69, 9.17) is 10.5 Å². The fraction of sp³-hybridized carbons (Fsp3) is 0.214. The summed E-state index contributed by atoms with van der Waals surface area (Å²) < 4.78 is 5.56. The molecule has 102 valence electrons. The summed E-state index contributed by atoms with van der Waals surface area (Å²) >= 11 is 0. The van der Waals surface area contributed by atoms with E-state index in [0.29, 0.717) is 6.61 Å². The summed E-state index contributed by atoms with van der Waals surface area (Å²) in [4.78, 5) is 20.0. The number of hydrogen-bond acceptors (Lipinski definition) is 5. The third-order valence-corrected chi connectivity index (χ3v) is 3.15. The maximum atomic E-state index is 12.2. The molecule has 0 saturated heterocycles. The lowest BCUT2D eigenvalue weighted by molar-refractivity contribution is 0.0919. The zero-order valence-electron chi connectivity index (χ0n) is 10.7. The number of nitrogens with zero attached hydrogens (tertiary/aromatic N) is 2. The van der Waals surface area contributed by atoms with Gasteiger partial charge in [-0.05, 0) is 6.07 Å². The van der Waals surface area contributed by atoms with Gasteiger partial charge < -0.3 is 15.8 Å². The number of carbonyl (C=O) groups excluding carboxylic acids is 1. The maximum Gasteiger partial charge on any atom is 0.272 e. The number of ether oxygens (including phenoxy) is 1. The average Bonchev–Trinajstić information content (AvgIpc) is 2.47. The number of anilines is 1. The van der Waals surface area contributed by atoms with Crippen molar-refractivity contribution in [1.29, 1.82) is 0 Å². The van der Waals surface area contributed by atoms with Crippen LogP contribution < -0.4 is 15.8 Å². The smallest absolute Gasteiger partial charge is 0.272 e. The van der Waals surface area contributed by atoms with E-state index in [-0.39, 0.29) is 23.5 Å². The molecule has 20 heavy (non-hydrogen) atoms. The predicted molar refractivity (Wildman–Crippen MR) is 73.2 cm³/mol. The van der Waals surface area contributed by atoms with Crippen LogP contribution >= 0.6 is 0 Å². The highest BCUT2D eigenvalue weighted by atomic mass is 16.5. The molecule has 0 aliphatic carbocycles. The van der Waals surface area contributed by atoms with Gasteiger partial charge >= 0.3 is 0 Å². The standard InChI is InChI=1S/C14H14N4O2/c15-13-8-16-7-11(17-13)14(19)18-10-5-6-20-12-4-2-1-3-9(10)12/h1-4,7-8,10H,5-6H2,(H2,15,17)(H,18,19). The maximum absolute atomic E-state index is 12.2. The molecule has 1 amide bonds. The minimum absolute atomic E-state index is 0.0873. The quantitative estimate of drug-likeness (QED) is 0.858. The minimum atomic E-state index is -0.286. The number of nitrogen functional groups attached to an aromatic ring is 1. The van der Waals surface area contributed by atoms with Crippen molar-refractivity contribution in [2.75, 3.05) is 12.3 Å². The van der Waals surface area contributed by atoms with Gasteiger partial charge in [-0.25, -0.2) is 4.98 Å². The molecule has 2 heterocycles. The van der Waals surface area contributed by atoms with E-state index in [0.717, 1.165) is 17.7 Å². The van der Waals surface area contributed by atoms with Crippen LogP contribution in [0.4, 0.5) is 5.82 Å². The molecule has 0 fully saturated rings. The van der Waals surface area contributed by atoms with Crippen LogP contribution in [0, 0.1) is 0 Å². The Morgan fingerprint density at radius 3 is 3.05 bits per heavy atom. The number of rotatable bonds is 2. The van der Waals surface area contributed by atoms with Gasteiger partial charge in [0.1, 0.15) is 17.3 Å². The van der Waals surface area contributed by atoms with Crippen molar-refractivity contribution in [2.24, 2.45) is 0 Å². The number of nitrogens with one attached hydrogen (secondary N) is 1. The molecule has 0 saturated carbocycles. The minimum Gasteiger partial charge on any atom is -0.493 e. The average molecular weight is 270 g/mol. The molecule has 0 spiro atoms. The van der Waals surface area contributed by atoms with E-state index >= 15 is 0 Å². The predicted octanol–water partition coefficient (Wildman–Crippen LogP) is 1.31. The number of nitrogens with two attached hydrogens (primary N) is 1. The van der Waals surface area contributed by atoms with Crippen molar-refractivity contribution in [2.45, 2.75) is 12.5 Å². The van der Waals surface area contributed by atoms with Crippen LogP contribution in [0.5, 0.6) is 5.75 Å². The number of para-hydroxylation sites is 1. The summed E-state index contributed by atoms with van der Waals surface area (Å²) in [5.74, 6) is 0.749. The highest BCUT2D eigenvalue weighted by Crippen LogP contribution is 2.31. The number of benzene rings is 1. The molecule has 1 aliphatic rings. The Morgan fingerprint density at radius 2 is 2.20 bits per heavy atom. The fourth-order valence-electron chi connectivity index (χ4n) is 2.21. The van der Waals surface area contributed by atoms with Crippen molar-refractivity contribution >= 4 is 11.7 Å². The molecule has 3 rings (SSSR count). The molecule has 1 aromatic carbocycles. The van der Waals surface area contributed by atoms with Gasteiger partial charge in [0, 0.05) is 12.0 Å². The van der Waals surface area contributed by atoms with E-state index in [1.54, 1.807) is 0 Å². The first-order chi connectivity index (χ1) is 9.74. The first kappa shape index (κ1) is 12.4. The molecule has 3 N–H and O–H groups in total. The summed E-state index contributed by atoms with van der Waals surface area (Å²) in [5, 5.41) is 2.94. The van der Waals surface area contributed by atoms with Gasteiger partial charge in [0.05, 0.1) is 25.0 Å². The van der Waals surface area contributed by atoms with E-state index in [9.17, 15) is 4.79 Å². The SMILES string of the molecule is Nc1cncc(C(=O)NC2CCOc3ccccc32)n1. The van der Waals surface area contributed by atoms with Crippen molar-refractivity contribution in [3.63, 3.8) is 0 Å². The van der Waals surface area contributed by atoms with Crippen LogP contribution in [0.1, 0.15) is 28.5 Å². The van der Waals surface area contributed by atoms with Gasteiger partial charge in [0.25, 0.3) is 5.91 Å². The van der Waals surface area contributed by atoms with Crippen molar-refractivity contribution in [1.82, 2.24) is 15.3 Å². The highest BCUT2D eigenvalue weighted by Gasteiger charge is 2.23. The van der Waals surface area contributed by atoms with Crippen LogP contribution in [0.25, 0.3) is 0 Å². The zero-order chi connectivity index (χ0) is 13.9. The number of fused-ring (bicyclic) bond motifs is 1. The Bertz CT molecular complexity index is 645. The van der Waals surface area contributed by atoms with Crippen molar-refractivity contribution < 1.29 is 9.53 Å². The zero-order valence-corrected chi connectivity index (χ0v) is 10.7. The fourth-order valence-corrected chi connectivity index (χ4v) is 2.21. The van der Waals surface area contributed by atoms with Gasteiger partial charge in [0.2, 0.25) is 0 Å². The van der Waals surface area contributed by atoms with Crippen LogP contribution in [-0.4, -0.2) is 22.5 Å². The second-order valence-electron chi connectivity index (χ2n) is 4.53. The molecule has 1 aliphatic heterocycles. The lowest BCUT2D eigenvalue weighted by Crippen LogP contribution is -2.32. The molecule has 2 aromatic rings. The summed E-state index contributed by atoms with van der Waals surface area (Å²) in [6.07, 6.45) is 3.52. The van der Waals surface area contributed by atoms with Crippen LogP contribution in [0.15, 0.2) is 36.7 Å². The molecule has 6 heteroatoms. The van der Waals surface area contributed by atoms with E-state index in [1.165, 1.54) is 12.4 Å². The molecule has 0 radical (unpaired) electrons. The summed E-state index contributed by atoms with van der Waals surface area (Å²) in [6, 6.07) is 7.59. The third-order valence-electron chi connectivity index (χ3n) is 3.15. The molecule has 6 nitrogen and oxygen atoms in total. The Hall–Kier alpha value is -2.63. The monoisotopic (exact) mass is 270 g/mol. The van der Waals surface area contributed by atoms with Crippen molar-refractivity contribution in [3.05, 3.63) is 47.9 Å². The first-order valence-corrected chi connectivity index (χ1v) is 6.34. The number of aromatic nitrogens is 2.